The minimum atomic E-state index is -0.391. The van der Waals surface area contributed by atoms with Crippen molar-refractivity contribution in [2.24, 2.45) is 0 Å². The summed E-state index contributed by atoms with van der Waals surface area (Å²) in [7, 11) is 0. The van der Waals surface area contributed by atoms with Crippen molar-refractivity contribution in [1.29, 1.82) is 0 Å². The van der Waals surface area contributed by atoms with Gasteiger partial charge in [-0.1, -0.05) is 42.1 Å². The number of aromatic nitrogens is 2. The zero-order valence-corrected chi connectivity index (χ0v) is 17.7. The molecule has 0 aliphatic carbocycles. The standard InChI is InChI=1S/C20H18N4O4S2/c1-12-16(13-5-3-2-4-6-13)17-18(30-12)22-11-23(19(17)27)9-14(25)21-7-8-24-15(26)10-29-20(24)28/h2-6,11H,7-10H2,1H3,(H,21,25). The molecule has 3 aromatic rings. The molecule has 0 spiro atoms. The molecule has 1 aliphatic rings. The van der Waals surface area contributed by atoms with Crippen LogP contribution in [0.2, 0.25) is 0 Å². The number of nitrogens with one attached hydrogen (secondary N) is 1. The average molecular weight is 443 g/mol. The number of fused-ring (bicyclic) bond motifs is 1. The maximum atomic E-state index is 13.1. The van der Waals surface area contributed by atoms with Crippen LogP contribution in [-0.4, -0.2) is 50.3 Å². The van der Waals surface area contributed by atoms with E-state index in [9.17, 15) is 19.2 Å². The predicted molar refractivity (Wildman–Crippen MR) is 117 cm³/mol. The molecule has 3 amide bonds. The molecule has 1 aliphatic heterocycles. The van der Waals surface area contributed by atoms with Crippen LogP contribution in [0.25, 0.3) is 21.3 Å². The van der Waals surface area contributed by atoms with Crippen molar-refractivity contribution in [2.75, 3.05) is 18.8 Å². The summed E-state index contributed by atoms with van der Waals surface area (Å²) < 4.78 is 1.28. The molecule has 0 bridgehead atoms. The maximum Gasteiger partial charge on any atom is 0.288 e. The monoisotopic (exact) mass is 442 g/mol. The fraction of sp³-hybridized carbons (Fsp3) is 0.250. The Labute approximate surface area is 179 Å². The van der Waals surface area contributed by atoms with E-state index in [0.717, 1.165) is 32.7 Å². The van der Waals surface area contributed by atoms with Crippen molar-refractivity contribution < 1.29 is 14.4 Å². The fourth-order valence-electron chi connectivity index (χ4n) is 3.32. The molecule has 0 atom stereocenters. The van der Waals surface area contributed by atoms with Crippen LogP contribution in [0.15, 0.2) is 41.5 Å². The number of carbonyl (C=O) groups is 3. The van der Waals surface area contributed by atoms with Gasteiger partial charge in [-0.25, -0.2) is 4.98 Å². The molecule has 3 heterocycles. The van der Waals surface area contributed by atoms with Gasteiger partial charge in [0.1, 0.15) is 11.4 Å². The van der Waals surface area contributed by atoms with E-state index in [1.807, 2.05) is 37.3 Å². The second kappa shape index (κ2) is 8.41. The van der Waals surface area contributed by atoms with Gasteiger partial charge >= 0.3 is 0 Å². The topological polar surface area (TPSA) is 101 Å². The molecule has 1 N–H and O–H groups in total. The highest BCUT2D eigenvalue weighted by molar-refractivity contribution is 8.14. The third kappa shape index (κ3) is 3.88. The van der Waals surface area contributed by atoms with Gasteiger partial charge in [-0.3, -0.25) is 28.6 Å². The van der Waals surface area contributed by atoms with Crippen LogP contribution in [0, 0.1) is 6.92 Å². The normalized spacial score (nSPS) is 14.0. The number of hydrogen-bond donors (Lipinski definition) is 1. The molecule has 1 aromatic carbocycles. The molecular formula is C20H18N4O4S2. The predicted octanol–water partition coefficient (Wildman–Crippen LogP) is 2.25. The van der Waals surface area contributed by atoms with Gasteiger partial charge in [0.25, 0.3) is 10.8 Å². The van der Waals surface area contributed by atoms with Crippen LogP contribution < -0.4 is 10.9 Å². The third-order valence-electron chi connectivity index (χ3n) is 4.73. The molecule has 1 saturated heterocycles. The lowest BCUT2D eigenvalue weighted by atomic mass is 10.0. The molecule has 0 saturated carbocycles. The Morgan fingerprint density at radius 3 is 2.67 bits per heavy atom. The van der Waals surface area contributed by atoms with Crippen molar-refractivity contribution in [1.82, 2.24) is 19.8 Å². The summed E-state index contributed by atoms with van der Waals surface area (Å²) in [4.78, 5) is 55.7. The van der Waals surface area contributed by atoms with Gasteiger partial charge in [0.05, 0.1) is 17.5 Å². The van der Waals surface area contributed by atoms with Crippen molar-refractivity contribution >= 4 is 50.4 Å². The second-order valence-electron chi connectivity index (χ2n) is 6.71. The largest absolute Gasteiger partial charge is 0.353 e. The van der Waals surface area contributed by atoms with Crippen molar-refractivity contribution in [2.45, 2.75) is 13.5 Å². The number of carbonyl (C=O) groups excluding carboxylic acids is 3. The number of thioether (sulfide) groups is 1. The highest BCUT2D eigenvalue weighted by Gasteiger charge is 2.29. The van der Waals surface area contributed by atoms with E-state index in [0.29, 0.717) is 10.2 Å². The molecule has 4 rings (SSSR count). The minimum absolute atomic E-state index is 0.116. The molecule has 10 heteroatoms. The Kier molecular flexibility index (Phi) is 5.69. The molecule has 30 heavy (non-hydrogen) atoms. The van der Waals surface area contributed by atoms with Crippen LogP contribution in [0.1, 0.15) is 4.88 Å². The Hall–Kier alpha value is -2.98. The summed E-state index contributed by atoms with van der Waals surface area (Å²) in [5.41, 5.74) is 1.49. The van der Waals surface area contributed by atoms with Crippen molar-refractivity contribution in [3.63, 3.8) is 0 Å². The van der Waals surface area contributed by atoms with Gasteiger partial charge in [-0.05, 0) is 12.5 Å². The Balaban J connectivity index is 1.51. The van der Waals surface area contributed by atoms with Crippen molar-refractivity contribution in [3.05, 3.63) is 51.9 Å². The summed E-state index contributed by atoms with van der Waals surface area (Å²) in [6, 6.07) is 9.62. The number of thiophene rings is 1. The number of amides is 3. The first kappa shape index (κ1) is 20.3. The lowest BCUT2D eigenvalue weighted by Gasteiger charge is -2.13. The van der Waals surface area contributed by atoms with Gasteiger partial charge in [-0.15, -0.1) is 11.3 Å². The summed E-state index contributed by atoms with van der Waals surface area (Å²) in [6.07, 6.45) is 1.37. The quantitative estimate of drug-likeness (QED) is 0.628. The van der Waals surface area contributed by atoms with Crippen LogP contribution in [0.5, 0.6) is 0 Å². The van der Waals surface area contributed by atoms with E-state index in [1.165, 1.54) is 22.2 Å². The molecule has 0 radical (unpaired) electrons. The fourth-order valence-corrected chi connectivity index (χ4v) is 5.07. The summed E-state index contributed by atoms with van der Waals surface area (Å²) >= 11 is 2.40. The average Bonchev–Trinajstić information content (AvgIpc) is 3.24. The highest BCUT2D eigenvalue weighted by Crippen LogP contribution is 2.35. The van der Waals surface area contributed by atoms with E-state index in [2.05, 4.69) is 10.3 Å². The van der Waals surface area contributed by atoms with E-state index in [1.54, 1.807) is 0 Å². The number of benzene rings is 1. The van der Waals surface area contributed by atoms with Gasteiger partial charge in [0.2, 0.25) is 11.8 Å². The molecule has 8 nitrogen and oxygen atoms in total. The number of aryl methyl sites for hydroxylation is 1. The molecule has 0 unspecified atom stereocenters. The summed E-state index contributed by atoms with van der Waals surface area (Å²) in [5.74, 6) is -0.512. The lowest BCUT2D eigenvalue weighted by molar-refractivity contribution is -0.125. The zero-order chi connectivity index (χ0) is 21.3. The Morgan fingerprint density at radius 1 is 1.20 bits per heavy atom. The van der Waals surface area contributed by atoms with Gasteiger partial charge in [0, 0.05) is 23.5 Å². The highest BCUT2D eigenvalue weighted by atomic mass is 32.2. The van der Waals surface area contributed by atoms with Gasteiger partial charge in [0.15, 0.2) is 0 Å². The van der Waals surface area contributed by atoms with Crippen LogP contribution in [0.4, 0.5) is 4.79 Å². The van der Waals surface area contributed by atoms with Crippen LogP contribution >= 0.6 is 23.1 Å². The maximum absolute atomic E-state index is 13.1. The van der Waals surface area contributed by atoms with Crippen LogP contribution in [0.3, 0.4) is 0 Å². The SMILES string of the molecule is Cc1sc2ncn(CC(=O)NCCN3C(=O)CSC3=O)c(=O)c2c1-c1ccccc1. The molecule has 2 aromatic heterocycles. The number of imide groups is 1. The zero-order valence-electron chi connectivity index (χ0n) is 16.1. The summed E-state index contributed by atoms with van der Waals surface area (Å²) in [6.45, 7) is 2.00. The van der Waals surface area contributed by atoms with Gasteiger partial charge < -0.3 is 5.32 Å². The first-order valence-corrected chi connectivity index (χ1v) is 11.0. The Morgan fingerprint density at radius 2 is 1.97 bits per heavy atom. The molecule has 1 fully saturated rings. The molecular weight excluding hydrogens is 424 g/mol. The van der Waals surface area contributed by atoms with E-state index in [4.69, 9.17) is 0 Å². The van der Waals surface area contributed by atoms with E-state index >= 15 is 0 Å². The van der Waals surface area contributed by atoms with Crippen molar-refractivity contribution in [3.8, 4) is 11.1 Å². The lowest BCUT2D eigenvalue weighted by Crippen LogP contribution is -2.39. The Bertz CT molecular complexity index is 1190. The van der Waals surface area contributed by atoms with E-state index < -0.39 is 5.91 Å². The first-order valence-electron chi connectivity index (χ1n) is 9.23. The second-order valence-corrected chi connectivity index (χ2v) is 8.84. The first-order chi connectivity index (χ1) is 14.5. The third-order valence-corrected chi connectivity index (χ3v) is 6.60. The van der Waals surface area contributed by atoms with Gasteiger partial charge in [-0.2, -0.15) is 0 Å². The van der Waals surface area contributed by atoms with E-state index in [-0.39, 0.29) is 42.1 Å². The smallest absolute Gasteiger partial charge is 0.288 e. The molecule has 154 valence electrons. The number of nitrogens with zero attached hydrogens (tertiary/aromatic N) is 3. The number of rotatable bonds is 6. The minimum Gasteiger partial charge on any atom is -0.353 e. The van der Waals surface area contributed by atoms with Crippen LogP contribution in [-0.2, 0) is 16.1 Å². The number of hydrogen-bond acceptors (Lipinski definition) is 7. The summed E-state index contributed by atoms with van der Waals surface area (Å²) in [5, 5.41) is 2.85.